The Kier molecular flexibility index (Phi) is 3.47. The van der Waals surface area contributed by atoms with E-state index in [-0.39, 0.29) is 0 Å². The molecule has 0 bridgehead atoms. The van der Waals surface area contributed by atoms with Crippen LogP contribution in [0.3, 0.4) is 0 Å². The third-order valence-corrected chi connectivity index (χ3v) is 5.50. The fourth-order valence-corrected chi connectivity index (χ4v) is 4.06. The van der Waals surface area contributed by atoms with Gasteiger partial charge >= 0.3 is 0 Å². The van der Waals surface area contributed by atoms with Gasteiger partial charge in [0.05, 0.1) is 0 Å². The summed E-state index contributed by atoms with van der Waals surface area (Å²) in [5.41, 5.74) is 12.8. The summed E-state index contributed by atoms with van der Waals surface area (Å²) in [6.45, 7) is 4.26. The lowest BCUT2D eigenvalue weighted by Crippen LogP contribution is -2.01. The molecule has 2 heteroatoms. The van der Waals surface area contributed by atoms with E-state index in [1.54, 1.807) is 0 Å². The van der Waals surface area contributed by atoms with E-state index in [1.807, 2.05) is 36.0 Å². The van der Waals surface area contributed by atoms with Gasteiger partial charge in [0.1, 0.15) is 0 Å². The van der Waals surface area contributed by atoms with E-state index >= 15 is 0 Å². The van der Waals surface area contributed by atoms with Crippen LogP contribution in [0.15, 0.2) is 83.1 Å². The second-order valence-corrected chi connectivity index (χ2v) is 6.86. The number of hydrogen-bond donors (Lipinski definition) is 1. The van der Waals surface area contributed by atoms with Crippen LogP contribution >= 0.6 is 11.8 Å². The number of nitrogens with two attached hydrogens (primary N) is 1. The van der Waals surface area contributed by atoms with Crippen molar-refractivity contribution in [2.75, 3.05) is 5.73 Å². The molecule has 3 aromatic rings. The van der Waals surface area contributed by atoms with Gasteiger partial charge in [-0.2, -0.15) is 0 Å². The lowest BCUT2D eigenvalue weighted by Gasteiger charge is -2.20. The maximum atomic E-state index is 6.09. The Labute approximate surface area is 140 Å². The van der Waals surface area contributed by atoms with Crippen molar-refractivity contribution in [2.45, 2.75) is 16.2 Å². The van der Waals surface area contributed by atoms with Crippen molar-refractivity contribution < 1.29 is 0 Å². The molecule has 1 aliphatic heterocycles. The molecule has 0 amide bonds. The van der Waals surface area contributed by atoms with Crippen LogP contribution in [0.5, 0.6) is 0 Å². The van der Waals surface area contributed by atoms with E-state index in [0.717, 1.165) is 28.8 Å². The van der Waals surface area contributed by atoms with Gasteiger partial charge in [-0.15, -0.1) is 0 Å². The van der Waals surface area contributed by atoms with Gasteiger partial charge in [0, 0.05) is 21.0 Å². The van der Waals surface area contributed by atoms with Gasteiger partial charge in [-0.1, -0.05) is 60.8 Å². The zero-order valence-corrected chi connectivity index (χ0v) is 13.6. The quantitative estimate of drug-likeness (QED) is 0.502. The normalized spacial score (nSPS) is 12.3. The zero-order valence-electron chi connectivity index (χ0n) is 12.8. The average molecular weight is 315 g/mol. The first-order valence-corrected chi connectivity index (χ1v) is 8.47. The fourth-order valence-electron chi connectivity index (χ4n) is 3.01. The van der Waals surface area contributed by atoms with Crippen LogP contribution in [0.1, 0.15) is 22.3 Å². The molecule has 0 radical (unpaired) electrons. The second-order valence-electron chi connectivity index (χ2n) is 5.77. The largest absolute Gasteiger partial charge is 0.398 e. The number of nitrogen functional groups attached to an aromatic ring is 1. The Morgan fingerprint density at radius 1 is 0.870 bits per heavy atom. The second kappa shape index (κ2) is 5.64. The highest BCUT2D eigenvalue weighted by atomic mass is 32.2. The van der Waals surface area contributed by atoms with Crippen molar-refractivity contribution in [1.82, 2.24) is 0 Å². The van der Waals surface area contributed by atoms with Gasteiger partial charge in [-0.25, -0.2) is 0 Å². The summed E-state index contributed by atoms with van der Waals surface area (Å²) in [7, 11) is 0. The Bertz CT molecular complexity index is 911. The molecule has 1 nitrogen and oxygen atoms in total. The molecule has 4 rings (SSSR count). The van der Waals surface area contributed by atoms with E-state index < -0.39 is 0 Å². The van der Waals surface area contributed by atoms with Gasteiger partial charge < -0.3 is 5.73 Å². The Balaban J connectivity index is 1.72. The highest BCUT2D eigenvalue weighted by Gasteiger charge is 2.17. The van der Waals surface area contributed by atoms with Crippen LogP contribution in [0.2, 0.25) is 0 Å². The maximum Gasteiger partial charge on any atom is 0.0393 e. The first-order chi connectivity index (χ1) is 11.2. The number of fused-ring (bicyclic) bond motifs is 2. The van der Waals surface area contributed by atoms with Crippen LogP contribution in [0.25, 0.3) is 5.57 Å². The molecule has 2 N–H and O–H groups in total. The lowest BCUT2D eigenvalue weighted by atomic mass is 9.95. The molecule has 1 aliphatic rings. The summed E-state index contributed by atoms with van der Waals surface area (Å²) < 4.78 is 0. The molecule has 0 fully saturated rings. The van der Waals surface area contributed by atoms with E-state index in [0.29, 0.717) is 0 Å². The van der Waals surface area contributed by atoms with E-state index in [9.17, 15) is 0 Å². The van der Waals surface area contributed by atoms with E-state index in [4.69, 9.17) is 5.73 Å². The Morgan fingerprint density at radius 3 is 2.48 bits per heavy atom. The molecule has 0 aliphatic carbocycles. The van der Waals surface area contributed by atoms with Gasteiger partial charge in [0.25, 0.3) is 0 Å². The minimum Gasteiger partial charge on any atom is -0.398 e. The van der Waals surface area contributed by atoms with Crippen LogP contribution in [-0.2, 0) is 6.42 Å². The molecule has 0 spiro atoms. The van der Waals surface area contributed by atoms with Crippen molar-refractivity contribution in [2.24, 2.45) is 0 Å². The topological polar surface area (TPSA) is 26.0 Å². The third kappa shape index (κ3) is 2.55. The van der Waals surface area contributed by atoms with Crippen molar-refractivity contribution in [3.8, 4) is 0 Å². The molecular formula is C21H17NS. The van der Waals surface area contributed by atoms with Crippen molar-refractivity contribution >= 4 is 23.0 Å². The first kappa shape index (κ1) is 14.2. The van der Waals surface area contributed by atoms with Gasteiger partial charge in [0.2, 0.25) is 0 Å². The van der Waals surface area contributed by atoms with Crippen molar-refractivity contribution in [1.29, 1.82) is 0 Å². The van der Waals surface area contributed by atoms with Gasteiger partial charge in [-0.3, -0.25) is 0 Å². The summed E-state index contributed by atoms with van der Waals surface area (Å²) in [4.78, 5) is 2.69. The molecule has 0 atom stereocenters. The SMILES string of the molecule is C=C(c1ccc2c(c1)Cc1ccccc1S2)c1ccccc1N. The molecule has 112 valence electrons. The van der Waals surface area contributed by atoms with E-state index in [2.05, 4.69) is 49.0 Å². The average Bonchev–Trinajstić information content (AvgIpc) is 2.59. The number of hydrogen-bond acceptors (Lipinski definition) is 2. The summed E-state index contributed by atoms with van der Waals surface area (Å²) in [6.07, 6.45) is 0.976. The molecule has 0 saturated carbocycles. The number of benzene rings is 3. The molecule has 1 heterocycles. The Morgan fingerprint density at radius 2 is 1.61 bits per heavy atom. The van der Waals surface area contributed by atoms with E-state index in [1.165, 1.54) is 20.9 Å². The number of anilines is 1. The number of para-hydroxylation sites is 1. The first-order valence-electron chi connectivity index (χ1n) is 7.65. The highest BCUT2D eigenvalue weighted by molar-refractivity contribution is 7.99. The predicted molar refractivity (Wildman–Crippen MR) is 98.8 cm³/mol. The molecule has 3 aromatic carbocycles. The van der Waals surface area contributed by atoms with Gasteiger partial charge in [0.15, 0.2) is 0 Å². The zero-order chi connectivity index (χ0) is 15.8. The monoisotopic (exact) mass is 315 g/mol. The highest BCUT2D eigenvalue weighted by Crippen LogP contribution is 2.40. The smallest absolute Gasteiger partial charge is 0.0393 e. The summed E-state index contributed by atoms with van der Waals surface area (Å²) in [6, 6.07) is 23.1. The standard InChI is InChI=1S/C21H17NS/c1-14(18-7-3-4-8-19(18)22)15-10-11-21-17(12-15)13-16-6-2-5-9-20(16)23-21/h2-12H,1,13,22H2. The van der Waals surface area contributed by atoms with Crippen LogP contribution < -0.4 is 5.73 Å². The molecule has 0 saturated heterocycles. The number of rotatable bonds is 2. The molecule has 0 unspecified atom stereocenters. The third-order valence-electron chi connectivity index (χ3n) is 4.27. The minimum absolute atomic E-state index is 0.773. The Hall–Kier alpha value is -2.45. The summed E-state index contributed by atoms with van der Waals surface area (Å²) in [5.74, 6) is 0. The van der Waals surface area contributed by atoms with Crippen LogP contribution in [0.4, 0.5) is 5.69 Å². The van der Waals surface area contributed by atoms with Crippen molar-refractivity contribution in [3.05, 3.63) is 95.6 Å². The van der Waals surface area contributed by atoms with Gasteiger partial charge in [-0.05, 0) is 52.9 Å². The van der Waals surface area contributed by atoms with Crippen molar-refractivity contribution in [3.63, 3.8) is 0 Å². The summed E-state index contributed by atoms with van der Waals surface area (Å²) in [5, 5.41) is 0. The minimum atomic E-state index is 0.773. The fraction of sp³-hybridized carbons (Fsp3) is 0.0476. The van der Waals surface area contributed by atoms with Crippen LogP contribution in [-0.4, -0.2) is 0 Å². The summed E-state index contributed by atoms with van der Waals surface area (Å²) >= 11 is 1.85. The molecule has 23 heavy (non-hydrogen) atoms. The molecule has 0 aromatic heterocycles. The lowest BCUT2D eigenvalue weighted by molar-refractivity contribution is 1.05. The molecular weight excluding hydrogens is 298 g/mol. The predicted octanol–water partition coefficient (Wildman–Crippen LogP) is 5.39. The maximum absolute atomic E-state index is 6.09. The van der Waals surface area contributed by atoms with Crippen LogP contribution in [0, 0.1) is 0 Å².